The fraction of sp³-hybridized carbons (Fsp3) is 0.312. The van der Waals surface area contributed by atoms with Crippen molar-refractivity contribution < 1.29 is 14.1 Å². The van der Waals surface area contributed by atoms with Crippen molar-refractivity contribution in [2.75, 3.05) is 26.4 Å². The van der Waals surface area contributed by atoms with E-state index in [4.69, 9.17) is 4.42 Å². The summed E-state index contributed by atoms with van der Waals surface area (Å²) in [6.45, 7) is 0.445. The summed E-state index contributed by atoms with van der Waals surface area (Å²) in [5, 5.41) is 13.5. The zero-order chi connectivity index (χ0) is 17.5. The second kappa shape index (κ2) is 8.51. The maximum absolute atomic E-state index is 12.0. The van der Waals surface area contributed by atoms with Gasteiger partial charge in [0.15, 0.2) is 0 Å². The Morgan fingerprint density at radius 1 is 1.33 bits per heavy atom. The van der Waals surface area contributed by atoms with E-state index in [2.05, 4.69) is 5.32 Å². The molecule has 0 aliphatic heterocycles. The van der Waals surface area contributed by atoms with E-state index < -0.39 is 4.92 Å². The Bertz CT molecular complexity index is 671. The van der Waals surface area contributed by atoms with Crippen LogP contribution in [0.2, 0.25) is 0 Å². The molecule has 7 nitrogen and oxygen atoms in total. The summed E-state index contributed by atoms with van der Waals surface area (Å²) in [5.41, 5.74) is 0.0380. The van der Waals surface area contributed by atoms with Crippen molar-refractivity contribution in [3.8, 4) is 0 Å². The molecule has 8 heteroatoms. The molecule has 1 aromatic heterocycles. The highest BCUT2D eigenvalue weighted by Gasteiger charge is 2.17. The van der Waals surface area contributed by atoms with Crippen molar-refractivity contribution in [3.05, 3.63) is 58.5 Å². The van der Waals surface area contributed by atoms with E-state index in [9.17, 15) is 14.9 Å². The third kappa shape index (κ3) is 5.10. The number of amides is 1. The van der Waals surface area contributed by atoms with Gasteiger partial charge in [-0.2, -0.15) is 0 Å². The lowest BCUT2D eigenvalue weighted by molar-refractivity contribution is -0.384. The number of rotatable bonds is 8. The smallest absolute Gasteiger partial charge is 0.269 e. The van der Waals surface area contributed by atoms with Crippen molar-refractivity contribution in [2.24, 2.45) is 0 Å². The largest absolute Gasteiger partial charge is 0.468 e. The van der Waals surface area contributed by atoms with E-state index >= 15 is 0 Å². The van der Waals surface area contributed by atoms with Gasteiger partial charge in [0.1, 0.15) is 5.76 Å². The fourth-order valence-corrected chi connectivity index (χ4v) is 2.82. The monoisotopic (exact) mass is 349 g/mol. The van der Waals surface area contributed by atoms with E-state index in [0.717, 1.165) is 10.7 Å². The van der Waals surface area contributed by atoms with Gasteiger partial charge in [-0.1, -0.05) is 0 Å². The Balaban J connectivity index is 1.81. The summed E-state index contributed by atoms with van der Waals surface area (Å²) in [7, 11) is 3.84. The number of hydrogen-bond acceptors (Lipinski definition) is 6. The van der Waals surface area contributed by atoms with E-state index in [1.54, 1.807) is 18.4 Å². The normalized spacial score (nSPS) is 12.1. The summed E-state index contributed by atoms with van der Waals surface area (Å²) in [6.07, 6.45) is 1.61. The van der Waals surface area contributed by atoms with Crippen LogP contribution in [0.15, 0.2) is 52.0 Å². The zero-order valence-electron chi connectivity index (χ0n) is 13.5. The lowest BCUT2D eigenvalue weighted by Gasteiger charge is -2.22. The second-order valence-corrected chi connectivity index (χ2v) is 6.39. The molecule has 1 amide bonds. The van der Waals surface area contributed by atoms with Crippen LogP contribution in [0.1, 0.15) is 11.8 Å². The number of nitro groups is 1. The summed E-state index contributed by atoms with van der Waals surface area (Å²) in [5.74, 6) is 0.941. The van der Waals surface area contributed by atoms with E-state index in [1.165, 1.54) is 23.9 Å². The Morgan fingerprint density at radius 2 is 2.04 bits per heavy atom. The van der Waals surface area contributed by atoms with Gasteiger partial charge in [0.05, 0.1) is 23.0 Å². The first kappa shape index (κ1) is 18.0. The number of nitro benzene ring substituents is 1. The van der Waals surface area contributed by atoms with Crippen LogP contribution in [-0.2, 0) is 4.79 Å². The van der Waals surface area contributed by atoms with Crippen LogP contribution < -0.4 is 5.32 Å². The van der Waals surface area contributed by atoms with Gasteiger partial charge in [0.2, 0.25) is 5.91 Å². The van der Waals surface area contributed by atoms with Crippen molar-refractivity contribution >= 4 is 23.4 Å². The Labute approximate surface area is 144 Å². The molecule has 2 rings (SSSR count). The third-order valence-electron chi connectivity index (χ3n) is 3.41. The number of carbonyl (C=O) groups is 1. The molecule has 1 unspecified atom stereocenters. The molecule has 1 heterocycles. The number of hydrogen-bond donors (Lipinski definition) is 1. The van der Waals surface area contributed by atoms with Crippen LogP contribution in [-0.4, -0.2) is 42.1 Å². The van der Waals surface area contributed by atoms with Crippen LogP contribution in [0.5, 0.6) is 0 Å². The van der Waals surface area contributed by atoms with E-state index in [-0.39, 0.29) is 23.4 Å². The predicted molar refractivity (Wildman–Crippen MR) is 92.0 cm³/mol. The molecule has 0 saturated heterocycles. The topological polar surface area (TPSA) is 88.6 Å². The van der Waals surface area contributed by atoms with Crippen LogP contribution in [0, 0.1) is 10.1 Å². The molecule has 0 fully saturated rings. The number of non-ortho nitro benzene ring substituents is 1. The molecule has 1 aromatic carbocycles. The standard InChI is InChI=1S/C16H19N3O4S/c1-18(2)14(15-4-3-9-23-15)10-17-16(20)11-24-13-7-5-12(6-8-13)19(21)22/h3-9,14H,10-11H2,1-2H3,(H,17,20). The Kier molecular flexibility index (Phi) is 6.39. The summed E-state index contributed by atoms with van der Waals surface area (Å²) >= 11 is 1.33. The maximum atomic E-state index is 12.0. The number of nitrogens with zero attached hydrogens (tertiary/aromatic N) is 2. The van der Waals surface area contributed by atoms with Gasteiger partial charge in [-0.3, -0.25) is 19.8 Å². The van der Waals surface area contributed by atoms with Gasteiger partial charge < -0.3 is 9.73 Å². The third-order valence-corrected chi connectivity index (χ3v) is 4.42. The lowest BCUT2D eigenvalue weighted by atomic mass is 10.2. The molecular weight excluding hydrogens is 330 g/mol. The molecule has 0 saturated carbocycles. The second-order valence-electron chi connectivity index (χ2n) is 5.34. The fourth-order valence-electron chi connectivity index (χ4n) is 2.09. The average molecular weight is 349 g/mol. The highest BCUT2D eigenvalue weighted by atomic mass is 32.2. The molecule has 2 aromatic rings. The van der Waals surface area contributed by atoms with Crippen molar-refractivity contribution in [2.45, 2.75) is 10.9 Å². The van der Waals surface area contributed by atoms with E-state index in [1.807, 2.05) is 31.1 Å². The van der Waals surface area contributed by atoms with Gasteiger partial charge in [-0.25, -0.2) is 0 Å². The van der Waals surface area contributed by atoms with Gasteiger partial charge >= 0.3 is 0 Å². The number of benzene rings is 1. The highest BCUT2D eigenvalue weighted by molar-refractivity contribution is 8.00. The quantitative estimate of drug-likeness (QED) is 0.448. The predicted octanol–water partition coefficient (Wildman–Crippen LogP) is 2.70. The zero-order valence-corrected chi connectivity index (χ0v) is 14.3. The summed E-state index contributed by atoms with van der Waals surface area (Å²) in [4.78, 5) is 24.9. The molecule has 1 atom stereocenters. The van der Waals surface area contributed by atoms with Crippen molar-refractivity contribution in [1.82, 2.24) is 10.2 Å². The summed E-state index contributed by atoms with van der Waals surface area (Å²) in [6, 6.07) is 9.80. The van der Waals surface area contributed by atoms with E-state index in [0.29, 0.717) is 6.54 Å². The van der Waals surface area contributed by atoms with Crippen molar-refractivity contribution in [3.63, 3.8) is 0 Å². The number of furan rings is 1. The Morgan fingerprint density at radius 3 is 2.58 bits per heavy atom. The number of carbonyl (C=O) groups excluding carboxylic acids is 1. The molecule has 128 valence electrons. The van der Waals surface area contributed by atoms with Crippen LogP contribution in [0.4, 0.5) is 5.69 Å². The average Bonchev–Trinajstić information content (AvgIpc) is 3.07. The molecule has 0 aliphatic carbocycles. The first-order chi connectivity index (χ1) is 11.5. The van der Waals surface area contributed by atoms with Gasteiger partial charge in [0.25, 0.3) is 5.69 Å². The minimum atomic E-state index is -0.447. The van der Waals surface area contributed by atoms with Crippen LogP contribution >= 0.6 is 11.8 Å². The number of nitrogens with one attached hydrogen (secondary N) is 1. The number of thioether (sulfide) groups is 1. The van der Waals surface area contributed by atoms with Gasteiger partial charge in [0, 0.05) is 23.6 Å². The lowest BCUT2D eigenvalue weighted by Crippen LogP contribution is -2.35. The molecule has 24 heavy (non-hydrogen) atoms. The minimum Gasteiger partial charge on any atom is -0.468 e. The highest BCUT2D eigenvalue weighted by Crippen LogP contribution is 2.21. The van der Waals surface area contributed by atoms with Crippen LogP contribution in [0.25, 0.3) is 0 Å². The molecule has 1 N–H and O–H groups in total. The first-order valence-electron chi connectivity index (χ1n) is 7.31. The SMILES string of the molecule is CN(C)C(CNC(=O)CSc1ccc([N+](=O)[O-])cc1)c1ccco1. The number of likely N-dealkylation sites (N-methyl/N-ethyl adjacent to an activating group) is 1. The van der Waals surface area contributed by atoms with Gasteiger partial charge in [-0.15, -0.1) is 11.8 Å². The van der Waals surface area contributed by atoms with Gasteiger partial charge in [-0.05, 0) is 38.4 Å². The van der Waals surface area contributed by atoms with Crippen LogP contribution in [0.3, 0.4) is 0 Å². The molecule has 0 aliphatic rings. The molecule has 0 spiro atoms. The summed E-state index contributed by atoms with van der Waals surface area (Å²) < 4.78 is 5.40. The maximum Gasteiger partial charge on any atom is 0.269 e. The minimum absolute atomic E-state index is 0.0340. The molecular formula is C16H19N3O4S. The first-order valence-corrected chi connectivity index (χ1v) is 8.29. The Hall–Kier alpha value is -2.32. The molecule has 0 radical (unpaired) electrons. The molecule has 0 bridgehead atoms. The van der Waals surface area contributed by atoms with Crippen molar-refractivity contribution in [1.29, 1.82) is 0 Å².